The molecule has 0 radical (unpaired) electrons. The van der Waals surface area contributed by atoms with Crippen LogP contribution in [0.3, 0.4) is 0 Å². The van der Waals surface area contributed by atoms with Crippen molar-refractivity contribution in [2.45, 2.75) is 0 Å². The van der Waals surface area contributed by atoms with Crippen LogP contribution in [0.5, 0.6) is 92.0 Å². The Labute approximate surface area is 488 Å². The molecule has 0 heterocycles. The van der Waals surface area contributed by atoms with Crippen molar-refractivity contribution in [3.05, 3.63) is 296 Å². The lowest BCUT2D eigenvalue weighted by atomic mass is 10.0. The molecule has 11 rings (SSSR count). The van der Waals surface area contributed by atoms with Crippen molar-refractivity contribution in [1.82, 2.24) is 0 Å². The van der Waals surface area contributed by atoms with Crippen LogP contribution in [0.1, 0.15) is 31.8 Å². The Bertz CT molecular complexity index is 3860. The first kappa shape index (κ1) is 52.7. The maximum absolute atomic E-state index is 13.4. The molecular formula is C68H44I2O10. The van der Waals surface area contributed by atoms with Crippen LogP contribution in [-0.2, 0) is 0 Å². The van der Waals surface area contributed by atoms with Gasteiger partial charge >= 0.3 is 0 Å². The fraction of sp³-hybridized carbons (Fsp3) is 0. The van der Waals surface area contributed by atoms with Gasteiger partial charge in [0, 0.05) is 29.4 Å². The van der Waals surface area contributed by atoms with E-state index in [1.54, 1.807) is 72.8 Å². The number of para-hydroxylation sites is 1. The first-order chi connectivity index (χ1) is 39.2. The topological polar surface area (TPSA) is 108 Å². The molecule has 80 heavy (non-hydrogen) atoms. The molecule has 0 fully saturated rings. The lowest BCUT2D eigenvalue weighted by Gasteiger charge is -2.11. The van der Waals surface area contributed by atoms with Crippen molar-refractivity contribution >= 4 is 56.7 Å². The summed E-state index contributed by atoms with van der Waals surface area (Å²) in [4.78, 5) is 26.5. The Morgan fingerprint density at radius 2 is 0.425 bits per heavy atom. The van der Waals surface area contributed by atoms with E-state index in [9.17, 15) is 9.59 Å². The highest BCUT2D eigenvalue weighted by atomic mass is 127. The minimum Gasteiger partial charge on any atom is -0.457 e. The van der Waals surface area contributed by atoms with Crippen molar-refractivity contribution in [2.75, 3.05) is 0 Å². The molecule has 0 aromatic heterocycles. The first-order valence-corrected chi connectivity index (χ1v) is 27.3. The minimum absolute atomic E-state index is 0.0448. The fourth-order valence-electron chi connectivity index (χ4n) is 8.05. The Balaban J connectivity index is 0.597. The van der Waals surface area contributed by atoms with Gasteiger partial charge < -0.3 is 37.9 Å². The number of hydrogen-bond donors (Lipinski definition) is 0. The molecule has 0 N–H and O–H groups in total. The van der Waals surface area contributed by atoms with Crippen LogP contribution in [0.25, 0.3) is 0 Å². The smallest absolute Gasteiger partial charge is 0.194 e. The van der Waals surface area contributed by atoms with Gasteiger partial charge in [-0.2, -0.15) is 0 Å². The van der Waals surface area contributed by atoms with E-state index < -0.39 is 0 Å². The third-order valence-electron chi connectivity index (χ3n) is 12.1. The summed E-state index contributed by atoms with van der Waals surface area (Å²) in [6.45, 7) is 0. The summed E-state index contributed by atoms with van der Waals surface area (Å²) in [5, 5.41) is 0. The largest absolute Gasteiger partial charge is 0.457 e. The monoisotopic (exact) mass is 1270 g/mol. The van der Waals surface area contributed by atoms with Crippen molar-refractivity contribution in [3.8, 4) is 92.0 Å². The second-order valence-corrected chi connectivity index (χ2v) is 20.2. The number of carbonyl (C=O) groups is 2. The quantitative estimate of drug-likeness (QED) is 0.0541. The summed E-state index contributed by atoms with van der Waals surface area (Å²) in [6.07, 6.45) is 0. The second kappa shape index (κ2) is 25.0. The zero-order valence-electron chi connectivity index (χ0n) is 42.2. The molecule has 0 aliphatic heterocycles. The Morgan fingerprint density at radius 3 is 0.662 bits per heavy atom. The number of ketones is 2. The average molecular weight is 1270 g/mol. The molecular weight excluding hydrogens is 1230 g/mol. The van der Waals surface area contributed by atoms with Crippen LogP contribution in [-0.4, -0.2) is 11.6 Å². The van der Waals surface area contributed by atoms with Gasteiger partial charge in [-0.25, -0.2) is 0 Å². The van der Waals surface area contributed by atoms with E-state index in [1.807, 2.05) is 194 Å². The van der Waals surface area contributed by atoms with Crippen LogP contribution in [0, 0.1) is 7.14 Å². The molecule has 0 saturated heterocycles. The molecule has 12 heteroatoms. The zero-order valence-corrected chi connectivity index (χ0v) is 46.6. The Hall–Kier alpha value is -9.38. The van der Waals surface area contributed by atoms with Crippen molar-refractivity contribution in [3.63, 3.8) is 0 Å². The zero-order chi connectivity index (χ0) is 54.6. The van der Waals surface area contributed by atoms with Gasteiger partial charge in [0.2, 0.25) is 0 Å². The highest BCUT2D eigenvalue weighted by Gasteiger charge is 2.15. The molecule has 0 saturated carbocycles. The molecule has 0 unspecified atom stereocenters. The van der Waals surface area contributed by atoms with E-state index in [2.05, 4.69) is 45.2 Å². The third kappa shape index (κ3) is 14.0. The lowest BCUT2D eigenvalue weighted by Crippen LogP contribution is -2.04. The highest BCUT2D eigenvalue weighted by molar-refractivity contribution is 14.1. The standard InChI is InChI=1S/C68H44I2O10/c69-48-12-43-66(70)65(44-48)68(72)47-10-17-52(18-11-47)74-50-13-6-45(7-14-50)67(71)46-8-15-51(16-9-46)75-54-23-25-56(26-24-54)77-58-31-33-60(34-32-58)79-62-39-41-64(42-40-62)80-63-37-35-61(36-38-63)78-59-29-27-57(28-30-59)76-55-21-19-53(20-22-55)73-49-4-2-1-3-5-49/h1-44H. The first-order valence-electron chi connectivity index (χ1n) is 25.1. The normalized spacial score (nSPS) is 10.7. The van der Waals surface area contributed by atoms with Crippen LogP contribution in [0.15, 0.2) is 267 Å². The summed E-state index contributed by atoms with van der Waals surface area (Å²) in [5.74, 6) is 10.2. The van der Waals surface area contributed by atoms with E-state index in [0.29, 0.717) is 103 Å². The van der Waals surface area contributed by atoms with Gasteiger partial charge in [-0.15, -0.1) is 0 Å². The van der Waals surface area contributed by atoms with Gasteiger partial charge in [-0.3, -0.25) is 9.59 Å². The van der Waals surface area contributed by atoms with Gasteiger partial charge in [0.1, 0.15) is 92.0 Å². The molecule has 0 amide bonds. The fourth-order valence-corrected chi connectivity index (χ4v) is 9.12. The SMILES string of the molecule is O=C(c1ccc(Oc2ccc(Oc3ccc(Oc4ccc(Oc5ccc(Oc6ccc(Oc7ccc(Oc8ccccc8)cc7)cc6)cc5)cc4)cc3)cc2)cc1)c1ccc(Oc2ccc(C(=O)c3cc(I)ccc3I)cc2)cc1. The van der Waals surface area contributed by atoms with E-state index >= 15 is 0 Å². The summed E-state index contributed by atoms with van der Waals surface area (Å²) in [6, 6.07) is 80.7. The van der Waals surface area contributed by atoms with Crippen molar-refractivity contribution in [1.29, 1.82) is 0 Å². The maximum Gasteiger partial charge on any atom is 0.194 e. The minimum atomic E-state index is -0.134. The molecule has 0 spiro atoms. The molecule has 11 aromatic carbocycles. The van der Waals surface area contributed by atoms with Crippen molar-refractivity contribution < 1.29 is 47.5 Å². The average Bonchev–Trinajstić information content (AvgIpc) is 3.50. The molecule has 0 bridgehead atoms. The highest BCUT2D eigenvalue weighted by Crippen LogP contribution is 2.34. The summed E-state index contributed by atoms with van der Waals surface area (Å²) >= 11 is 4.38. The van der Waals surface area contributed by atoms with Crippen LogP contribution in [0.4, 0.5) is 0 Å². The maximum atomic E-state index is 13.4. The van der Waals surface area contributed by atoms with Crippen molar-refractivity contribution in [2.24, 2.45) is 0 Å². The van der Waals surface area contributed by atoms with E-state index in [-0.39, 0.29) is 11.6 Å². The molecule has 390 valence electrons. The summed E-state index contributed by atoms with van der Waals surface area (Å²) in [5.41, 5.74) is 2.28. The number of carbonyl (C=O) groups excluding carboxylic acids is 2. The Morgan fingerprint density at radius 1 is 0.225 bits per heavy atom. The predicted molar refractivity (Wildman–Crippen MR) is 324 cm³/mol. The van der Waals surface area contributed by atoms with Crippen LogP contribution >= 0.6 is 45.2 Å². The molecule has 0 atom stereocenters. The van der Waals surface area contributed by atoms with Crippen LogP contribution < -0.4 is 37.9 Å². The summed E-state index contributed by atoms with van der Waals surface area (Å²) < 4.78 is 50.2. The molecule has 10 nitrogen and oxygen atoms in total. The Kier molecular flexibility index (Phi) is 16.4. The lowest BCUT2D eigenvalue weighted by molar-refractivity contribution is 0.103. The van der Waals surface area contributed by atoms with Gasteiger partial charge in [0.25, 0.3) is 0 Å². The van der Waals surface area contributed by atoms with E-state index in [1.165, 1.54) is 0 Å². The van der Waals surface area contributed by atoms with E-state index in [4.69, 9.17) is 37.9 Å². The third-order valence-corrected chi connectivity index (χ3v) is 13.7. The van der Waals surface area contributed by atoms with Gasteiger partial charge in [-0.05, 0) is 294 Å². The number of hydrogen-bond acceptors (Lipinski definition) is 10. The van der Waals surface area contributed by atoms with Gasteiger partial charge in [0.15, 0.2) is 11.6 Å². The number of halogens is 2. The van der Waals surface area contributed by atoms with Crippen LogP contribution in [0.2, 0.25) is 0 Å². The molecule has 0 aliphatic rings. The second-order valence-electron chi connectivity index (χ2n) is 17.8. The number of ether oxygens (including phenoxy) is 8. The number of benzene rings is 11. The summed E-state index contributed by atoms with van der Waals surface area (Å²) in [7, 11) is 0. The predicted octanol–water partition coefficient (Wildman–Crippen LogP) is 19.7. The molecule has 0 aliphatic carbocycles. The van der Waals surface area contributed by atoms with Gasteiger partial charge in [-0.1, -0.05) is 18.2 Å². The molecule has 11 aromatic rings. The van der Waals surface area contributed by atoms with E-state index in [0.717, 1.165) is 18.6 Å². The van der Waals surface area contributed by atoms with Gasteiger partial charge in [0.05, 0.1) is 0 Å². The number of rotatable bonds is 20.